The SMILES string of the molecule is CC(C)COc1cc(C(N)=O)ccc1NC(=O)c1ccc(NC(=O)c2ccc([N+](=O)[O-])c(OC(C)C)c2)c(OC(C)C)c1. The first-order valence-electron chi connectivity index (χ1n) is 13.7. The molecule has 4 N–H and O–H groups in total. The topological polar surface area (TPSA) is 172 Å². The first-order chi connectivity index (χ1) is 20.2. The Hall–Kier alpha value is -5.13. The molecule has 0 fully saturated rings. The number of nitrogens with one attached hydrogen (secondary N) is 2. The highest BCUT2D eigenvalue weighted by molar-refractivity contribution is 6.08. The van der Waals surface area contributed by atoms with E-state index in [4.69, 9.17) is 19.9 Å². The van der Waals surface area contributed by atoms with E-state index in [1.807, 2.05) is 13.8 Å². The van der Waals surface area contributed by atoms with Crippen molar-refractivity contribution in [3.8, 4) is 17.2 Å². The fourth-order valence-electron chi connectivity index (χ4n) is 3.82. The van der Waals surface area contributed by atoms with E-state index in [9.17, 15) is 24.5 Å². The summed E-state index contributed by atoms with van der Waals surface area (Å²) in [6.07, 6.45) is -0.641. The number of nitro benzene ring substituents is 1. The molecule has 0 spiro atoms. The predicted molar refractivity (Wildman–Crippen MR) is 162 cm³/mol. The van der Waals surface area contributed by atoms with E-state index in [0.29, 0.717) is 18.0 Å². The highest BCUT2D eigenvalue weighted by Crippen LogP contribution is 2.32. The van der Waals surface area contributed by atoms with Crippen molar-refractivity contribution in [2.75, 3.05) is 17.2 Å². The molecular formula is C31H36N4O8. The second kappa shape index (κ2) is 14.2. The minimum atomic E-state index is -0.627. The van der Waals surface area contributed by atoms with Gasteiger partial charge < -0.3 is 30.6 Å². The molecule has 3 aromatic rings. The van der Waals surface area contributed by atoms with Crippen LogP contribution in [0.3, 0.4) is 0 Å². The molecule has 0 aliphatic heterocycles. The Morgan fingerprint density at radius 2 is 1.21 bits per heavy atom. The number of hydrogen-bond acceptors (Lipinski definition) is 8. The third kappa shape index (κ3) is 8.93. The number of amides is 3. The molecule has 228 valence electrons. The van der Waals surface area contributed by atoms with Crippen LogP contribution in [0.4, 0.5) is 17.1 Å². The lowest BCUT2D eigenvalue weighted by atomic mass is 10.1. The van der Waals surface area contributed by atoms with Crippen LogP contribution in [-0.2, 0) is 0 Å². The molecule has 0 aliphatic carbocycles. The number of benzene rings is 3. The van der Waals surface area contributed by atoms with Gasteiger partial charge >= 0.3 is 5.69 Å². The maximum absolute atomic E-state index is 13.3. The van der Waals surface area contributed by atoms with Gasteiger partial charge in [0.2, 0.25) is 5.91 Å². The van der Waals surface area contributed by atoms with Crippen molar-refractivity contribution in [1.29, 1.82) is 0 Å². The van der Waals surface area contributed by atoms with Crippen LogP contribution < -0.4 is 30.6 Å². The van der Waals surface area contributed by atoms with E-state index in [2.05, 4.69) is 10.6 Å². The summed E-state index contributed by atoms with van der Waals surface area (Å²) in [5.74, 6) is -0.979. The molecule has 0 aromatic heterocycles. The van der Waals surface area contributed by atoms with Gasteiger partial charge in [0.25, 0.3) is 11.8 Å². The normalized spacial score (nSPS) is 10.9. The average molecular weight is 593 g/mol. The summed E-state index contributed by atoms with van der Waals surface area (Å²) in [6, 6.07) is 12.9. The molecule has 0 atom stereocenters. The number of hydrogen-bond donors (Lipinski definition) is 3. The predicted octanol–water partition coefficient (Wildman–Crippen LogP) is 5.81. The third-order valence-corrected chi connectivity index (χ3v) is 5.72. The number of carbonyl (C=O) groups excluding carboxylic acids is 3. The van der Waals surface area contributed by atoms with Crippen LogP contribution in [0.2, 0.25) is 0 Å². The van der Waals surface area contributed by atoms with E-state index in [1.54, 1.807) is 27.7 Å². The van der Waals surface area contributed by atoms with E-state index >= 15 is 0 Å². The molecule has 3 rings (SSSR count). The summed E-state index contributed by atoms with van der Waals surface area (Å²) in [4.78, 5) is 48.9. The maximum atomic E-state index is 13.3. The van der Waals surface area contributed by atoms with Gasteiger partial charge in [0.05, 0.1) is 35.1 Å². The van der Waals surface area contributed by atoms with Gasteiger partial charge in [-0.1, -0.05) is 13.8 Å². The number of carbonyl (C=O) groups is 3. The van der Waals surface area contributed by atoms with Crippen LogP contribution in [0, 0.1) is 16.0 Å². The van der Waals surface area contributed by atoms with E-state index in [0.717, 1.165) is 0 Å². The van der Waals surface area contributed by atoms with Crippen LogP contribution in [0.5, 0.6) is 17.2 Å². The summed E-state index contributed by atoms with van der Waals surface area (Å²) >= 11 is 0. The zero-order valence-corrected chi connectivity index (χ0v) is 24.9. The lowest BCUT2D eigenvalue weighted by molar-refractivity contribution is -0.386. The number of anilines is 2. The Labute approximate surface area is 249 Å². The quantitative estimate of drug-likeness (QED) is 0.165. The Bertz CT molecular complexity index is 1520. The maximum Gasteiger partial charge on any atom is 0.310 e. The van der Waals surface area contributed by atoms with Gasteiger partial charge in [-0.25, -0.2) is 0 Å². The number of ether oxygens (including phenoxy) is 3. The molecular weight excluding hydrogens is 556 g/mol. The molecule has 43 heavy (non-hydrogen) atoms. The summed E-state index contributed by atoms with van der Waals surface area (Å²) in [6.45, 7) is 11.3. The molecule has 0 saturated carbocycles. The minimum Gasteiger partial charge on any atom is -0.491 e. The first kappa shape index (κ1) is 32.4. The summed E-state index contributed by atoms with van der Waals surface area (Å²) in [7, 11) is 0. The Morgan fingerprint density at radius 3 is 1.72 bits per heavy atom. The van der Waals surface area contributed by atoms with E-state index in [-0.39, 0.29) is 57.7 Å². The second-order valence-corrected chi connectivity index (χ2v) is 10.7. The van der Waals surface area contributed by atoms with Gasteiger partial charge in [-0.2, -0.15) is 0 Å². The van der Waals surface area contributed by atoms with Gasteiger partial charge in [0.1, 0.15) is 11.5 Å². The molecule has 0 bridgehead atoms. The lowest BCUT2D eigenvalue weighted by Crippen LogP contribution is -2.18. The minimum absolute atomic E-state index is 0.0288. The van der Waals surface area contributed by atoms with Crippen molar-refractivity contribution < 1.29 is 33.5 Å². The molecule has 3 amide bonds. The van der Waals surface area contributed by atoms with Crippen LogP contribution in [0.1, 0.15) is 72.6 Å². The summed E-state index contributed by atoms with van der Waals surface area (Å²) < 4.78 is 17.3. The second-order valence-electron chi connectivity index (χ2n) is 10.7. The Kier molecular flexibility index (Phi) is 10.7. The number of primary amides is 1. The van der Waals surface area contributed by atoms with Crippen molar-refractivity contribution >= 4 is 34.8 Å². The van der Waals surface area contributed by atoms with Crippen molar-refractivity contribution in [3.05, 3.63) is 81.4 Å². The largest absolute Gasteiger partial charge is 0.491 e. The fourth-order valence-corrected chi connectivity index (χ4v) is 3.82. The number of nitrogens with two attached hydrogens (primary N) is 1. The van der Waals surface area contributed by atoms with Gasteiger partial charge in [-0.3, -0.25) is 24.5 Å². The third-order valence-electron chi connectivity index (χ3n) is 5.72. The van der Waals surface area contributed by atoms with Crippen molar-refractivity contribution in [2.24, 2.45) is 11.7 Å². The molecule has 12 nitrogen and oxygen atoms in total. The lowest BCUT2D eigenvalue weighted by Gasteiger charge is -2.18. The smallest absolute Gasteiger partial charge is 0.310 e. The Morgan fingerprint density at radius 1 is 0.744 bits per heavy atom. The summed E-state index contributed by atoms with van der Waals surface area (Å²) in [5.41, 5.74) is 6.37. The van der Waals surface area contributed by atoms with E-state index in [1.165, 1.54) is 54.6 Å². The standard InChI is InChI=1S/C31H36N4O8/c1-17(2)16-41-26-13-20(29(32)36)7-10-23(26)33-30(37)21-8-11-24(27(14-21)42-18(3)4)34-31(38)22-9-12-25(35(39)40)28(15-22)43-19(5)6/h7-15,17-19H,16H2,1-6H3,(H2,32,36)(H,33,37)(H,34,38). The zero-order valence-electron chi connectivity index (χ0n) is 24.9. The molecule has 0 heterocycles. The van der Waals surface area contributed by atoms with Crippen molar-refractivity contribution in [3.63, 3.8) is 0 Å². The number of nitro groups is 1. The zero-order chi connectivity index (χ0) is 31.8. The fraction of sp³-hybridized carbons (Fsp3) is 0.323. The van der Waals surface area contributed by atoms with Crippen molar-refractivity contribution in [2.45, 2.75) is 53.8 Å². The van der Waals surface area contributed by atoms with Crippen LogP contribution >= 0.6 is 0 Å². The monoisotopic (exact) mass is 592 g/mol. The molecule has 0 unspecified atom stereocenters. The average Bonchev–Trinajstić information content (AvgIpc) is 2.92. The van der Waals surface area contributed by atoms with Crippen LogP contribution in [0.15, 0.2) is 54.6 Å². The van der Waals surface area contributed by atoms with Crippen LogP contribution in [-0.4, -0.2) is 41.5 Å². The molecule has 3 aromatic carbocycles. The molecule has 12 heteroatoms. The first-order valence-corrected chi connectivity index (χ1v) is 13.7. The molecule has 0 aliphatic rings. The van der Waals surface area contributed by atoms with Gasteiger partial charge in [0.15, 0.2) is 5.75 Å². The number of nitrogens with zero attached hydrogens (tertiary/aromatic N) is 1. The van der Waals surface area contributed by atoms with Crippen molar-refractivity contribution in [1.82, 2.24) is 0 Å². The van der Waals surface area contributed by atoms with Gasteiger partial charge in [-0.15, -0.1) is 0 Å². The van der Waals surface area contributed by atoms with Gasteiger partial charge in [-0.05, 0) is 76.1 Å². The number of rotatable bonds is 13. The summed E-state index contributed by atoms with van der Waals surface area (Å²) in [5, 5.41) is 16.9. The highest BCUT2D eigenvalue weighted by Gasteiger charge is 2.21. The Balaban J connectivity index is 1.89. The van der Waals surface area contributed by atoms with E-state index < -0.39 is 22.6 Å². The molecule has 0 saturated heterocycles. The highest BCUT2D eigenvalue weighted by atomic mass is 16.6. The van der Waals surface area contributed by atoms with Gasteiger partial charge in [0, 0.05) is 28.8 Å². The van der Waals surface area contributed by atoms with Crippen LogP contribution in [0.25, 0.3) is 0 Å². The molecule has 0 radical (unpaired) electrons.